The number of aromatic nitrogens is 2. The predicted octanol–water partition coefficient (Wildman–Crippen LogP) is 5.16. The first-order chi connectivity index (χ1) is 26.9. The normalized spacial score (nSPS) is 19.8. The number of nitrogens with one attached hydrogen (secondary N) is 1. The number of amides is 3. The zero-order valence-electron chi connectivity index (χ0n) is 30.6. The van der Waals surface area contributed by atoms with Gasteiger partial charge in [-0.2, -0.15) is 23.5 Å². The highest BCUT2D eigenvalue weighted by molar-refractivity contribution is 6.07. The van der Waals surface area contributed by atoms with Crippen molar-refractivity contribution in [1.82, 2.24) is 24.9 Å². The van der Waals surface area contributed by atoms with E-state index >= 15 is 0 Å². The monoisotopic (exact) mass is 773 g/mol. The van der Waals surface area contributed by atoms with Crippen molar-refractivity contribution in [2.45, 2.75) is 50.0 Å². The first-order valence-corrected chi connectivity index (χ1v) is 18.3. The van der Waals surface area contributed by atoms with Gasteiger partial charge in [0.1, 0.15) is 36.1 Å². The summed E-state index contributed by atoms with van der Waals surface area (Å²) >= 11 is 0. The minimum absolute atomic E-state index is 0.0369. The third-order valence-electron chi connectivity index (χ3n) is 10.5. The highest BCUT2D eigenvalue weighted by atomic mass is 19.4. The van der Waals surface area contributed by atoms with Gasteiger partial charge in [-0.25, -0.2) is 9.07 Å². The molecule has 3 amide bonds. The number of rotatable bonds is 11. The Kier molecular flexibility index (Phi) is 10.8. The average Bonchev–Trinajstić information content (AvgIpc) is 3.80. The molecule has 12 nitrogen and oxygen atoms in total. The highest BCUT2D eigenvalue weighted by Crippen LogP contribution is 2.45. The van der Waals surface area contributed by atoms with Gasteiger partial charge in [-0.05, 0) is 74.8 Å². The van der Waals surface area contributed by atoms with Crippen LogP contribution in [0.3, 0.4) is 0 Å². The number of nitriles is 1. The summed E-state index contributed by atoms with van der Waals surface area (Å²) in [6.45, 7) is 4.32. The lowest BCUT2D eigenvalue weighted by atomic mass is 9.80. The third-order valence-corrected chi connectivity index (χ3v) is 10.5. The molecule has 1 N–H and O–H groups in total. The number of carbonyl (C=O) groups excluding carboxylic acids is 3. The standard InChI is InChI=1S/C40H39F4N7O5/c1-3-49-37-33(32(24-12-14-27(41)15-13-24)34(38(49)53)46-36(52)25-7-4-8-26(19-25)40(42,43)44)35(39(54)50-16-6-10-29(50)21-45)47-51(37)28-9-5-11-31(20-28)56-18-17-48(2)30-22-55-23-30/h4-5,7-9,11-15,19-20,29-30,32,34H,3,6,10,16-18,22-23H2,1-2H3,(H,46,52)/t29-,32-,34-/m0/s1. The number of halogens is 4. The van der Waals surface area contributed by atoms with E-state index in [-0.39, 0.29) is 35.7 Å². The van der Waals surface area contributed by atoms with Crippen LogP contribution in [-0.2, 0) is 15.7 Å². The molecular formula is C40H39F4N7O5. The highest BCUT2D eigenvalue weighted by Gasteiger charge is 2.48. The number of likely N-dealkylation sites (N-methyl/N-ethyl adjacent to an activating group) is 2. The first-order valence-electron chi connectivity index (χ1n) is 18.3. The molecule has 3 atom stereocenters. The minimum atomic E-state index is -4.73. The van der Waals surface area contributed by atoms with E-state index in [2.05, 4.69) is 16.3 Å². The van der Waals surface area contributed by atoms with Crippen molar-refractivity contribution < 1.29 is 41.4 Å². The molecule has 0 saturated carbocycles. The molecule has 0 spiro atoms. The maximum Gasteiger partial charge on any atom is 0.416 e. The Labute approximate surface area is 320 Å². The molecule has 2 saturated heterocycles. The molecule has 2 fully saturated rings. The summed E-state index contributed by atoms with van der Waals surface area (Å²) in [5, 5.41) is 17.4. The fourth-order valence-corrected chi connectivity index (χ4v) is 7.38. The summed E-state index contributed by atoms with van der Waals surface area (Å²) in [4.78, 5) is 47.9. The summed E-state index contributed by atoms with van der Waals surface area (Å²) in [5.74, 6) is -3.24. The van der Waals surface area contributed by atoms with Gasteiger partial charge >= 0.3 is 6.18 Å². The van der Waals surface area contributed by atoms with Gasteiger partial charge in [-0.3, -0.25) is 24.2 Å². The average molecular weight is 774 g/mol. The lowest BCUT2D eigenvalue weighted by Gasteiger charge is -2.38. The topological polar surface area (TPSA) is 133 Å². The molecule has 0 aliphatic carbocycles. The van der Waals surface area contributed by atoms with Gasteiger partial charge < -0.3 is 19.7 Å². The number of hydrogen-bond donors (Lipinski definition) is 1. The van der Waals surface area contributed by atoms with Crippen molar-refractivity contribution in [2.75, 3.05) is 51.4 Å². The second-order valence-corrected chi connectivity index (χ2v) is 13.9. The predicted molar refractivity (Wildman–Crippen MR) is 195 cm³/mol. The van der Waals surface area contributed by atoms with Crippen LogP contribution < -0.4 is 15.0 Å². The fraction of sp³-hybridized carbons (Fsp3) is 0.375. The number of benzene rings is 3. The van der Waals surface area contributed by atoms with Gasteiger partial charge in [0.15, 0.2) is 5.69 Å². The zero-order valence-corrected chi connectivity index (χ0v) is 30.6. The molecule has 3 aromatic carbocycles. The Bertz CT molecular complexity index is 2160. The smallest absolute Gasteiger partial charge is 0.416 e. The number of likely N-dealkylation sites (tertiary alicyclic amines) is 1. The van der Waals surface area contributed by atoms with Gasteiger partial charge in [-0.15, -0.1) is 0 Å². The summed E-state index contributed by atoms with van der Waals surface area (Å²) in [5.41, 5.74) is -0.508. The molecule has 7 rings (SSSR count). The zero-order chi connectivity index (χ0) is 39.7. The Morgan fingerprint density at radius 1 is 1.09 bits per heavy atom. The quantitative estimate of drug-likeness (QED) is 0.207. The van der Waals surface area contributed by atoms with Crippen LogP contribution in [0.5, 0.6) is 5.75 Å². The first kappa shape index (κ1) is 38.5. The van der Waals surface area contributed by atoms with E-state index in [0.29, 0.717) is 68.3 Å². The van der Waals surface area contributed by atoms with Gasteiger partial charge in [-0.1, -0.05) is 24.3 Å². The van der Waals surface area contributed by atoms with Crippen molar-refractivity contribution in [3.8, 4) is 17.5 Å². The largest absolute Gasteiger partial charge is 0.492 e. The Morgan fingerprint density at radius 2 is 1.84 bits per heavy atom. The molecule has 0 radical (unpaired) electrons. The third kappa shape index (κ3) is 7.44. The molecule has 0 unspecified atom stereocenters. The Hall–Kier alpha value is -5.79. The lowest BCUT2D eigenvalue weighted by Crippen LogP contribution is -2.55. The molecule has 4 heterocycles. The minimum Gasteiger partial charge on any atom is -0.492 e. The van der Waals surface area contributed by atoms with Crippen molar-refractivity contribution in [3.63, 3.8) is 0 Å². The molecule has 3 aliphatic heterocycles. The lowest BCUT2D eigenvalue weighted by molar-refractivity contribution is -0.137. The molecule has 4 aromatic rings. The van der Waals surface area contributed by atoms with E-state index in [0.717, 1.165) is 12.1 Å². The molecule has 0 bridgehead atoms. The second-order valence-electron chi connectivity index (χ2n) is 13.9. The van der Waals surface area contributed by atoms with E-state index in [1.807, 2.05) is 7.05 Å². The molecule has 292 valence electrons. The number of nitrogens with zero attached hydrogens (tertiary/aromatic N) is 6. The van der Waals surface area contributed by atoms with Crippen molar-refractivity contribution >= 4 is 23.5 Å². The number of anilines is 1. The fourth-order valence-electron chi connectivity index (χ4n) is 7.38. The number of fused-ring (bicyclic) bond motifs is 1. The van der Waals surface area contributed by atoms with E-state index in [9.17, 15) is 37.2 Å². The van der Waals surface area contributed by atoms with Crippen LogP contribution in [0.2, 0.25) is 0 Å². The van der Waals surface area contributed by atoms with Crippen LogP contribution in [0.1, 0.15) is 63.2 Å². The van der Waals surface area contributed by atoms with E-state index in [4.69, 9.17) is 14.6 Å². The Balaban J connectivity index is 1.36. The van der Waals surface area contributed by atoms with Crippen LogP contribution >= 0.6 is 0 Å². The van der Waals surface area contributed by atoms with Crippen LogP contribution in [-0.4, -0.2) is 102 Å². The molecule has 56 heavy (non-hydrogen) atoms. The summed E-state index contributed by atoms with van der Waals surface area (Å²) in [7, 11) is 1.99. The second kappa shape index (κ2) is 15.8. The number of hydrogen-bond acceptors (Lipinski definition) is 8. The van der Waals surface area contributed by atoms with Crippen LogP contribution in [0.25, 0.3) is 5.69 Å². The van der Waals surface area contributed by atoms with Gasteiger partial charge in [0, 0.05) is 42.7 Å². The van der Waals surface area contributed by atoms with Crippen LogP contribution in [0.4, 0.5) is 23.4 Å². The summed E-state index contributed by atoms with van der Waals surface area (Å²) < 4.78 is 68.1. The van der Waals surface area contributed by atoms with Crippen molar-refractivity contribution in [2.24, 2.45) is 0 Å². The molecular weight excluding hydrogens is 734 g/mol. The maximum absolute atomic E-state index is 14.7. The molecule has 1 aromatic heterocycles. The van der Waals surface area contributed by atoms with Crippen molar-refractivity contribution in [3.05, 3.63) is 107 Å². The SMILES string of the molecule is CCN1C(=O)[C@@H](NC(=O)c2cccc(C(F)(F)F)c2)[C@@H](c2ccc(F)cc2)c2c(C(=O)N3CCC[C@H]3C#N)nn(-c3cccc(OCCN(C)C4COC4)c3)c21. The number of carbonyl (C=O) groups is 3. The molecule has 16 heteroatoms. The van der Waals surface area contributed by atoms with Gasteiger partial charge in [0.2, 0.25) is 0 Å². The maximum atomic E-state index is 14.7. The van der Waals surface area contributed by atoms with Gasteiger partial charge in [0.25, 0.3) is 17.7 Å². The van der Waals surface area contributed by atoms with Crippen LogP contribution in [0.15, 0.2) is 72.8 Å². The summed E-state index contributed by atoms with van der Waals surface area (Å²) in [6, 6.07) is 16.2. The van der Waals surface area contributed by atoms with Crippen LogP contribution in [0, 0.1) is 17.1 Å². The van der Waals surface area contributed by atoms with E-state index in [1.165, 1.54) is 44.8 Å². The summed E-state index contributed by atoms with van der Waals surface area (Å²) in [6.07, 6.45) is -3.71. The van der Waals surface area contributed by atoms with Gasteiger partial charge in [0.05, 0.1) is 36.6 Å². The van der Waals surface area contributed by atoms with E-state index < -0.39 is 53.3 Å². The van der Waals surface area contributed by atoms with E-state index in [1.54, 1.807) is 31.2 Å². The number of alkyl halides is 3. The van der Waals surface area contributed by atoms with Crippen molar-refractivity contribution in [1.29, 1.82) is 5.26 Å². The molecule has 3 aliphatic rings. The number of ether oxygens (including phenoxy) is 2. The Morgan fingerprint density at radius 3 is 2.52 bits per heavy atom.